The minimum Gasteiger partial charge on any atom is -0.478 e. The van der Waals surface area contributed by atoms with Gasteiger partial charge >= 0.3 is 11.9 Å². The molecule has 0 aliphatic heterocycles. The fraction of sp³-hybridized carbons (Fsp3) is 0.0667. The molecule has 4 nitrogen and oxygen atoms in total. The van der Waals surface area contributed by atoms with E-state index < -0.39 is 11.9 Å². The summed E-state index contributed by atoms with van der Waals surface area (Å²) < 4.78 is 5.64. The maximum Gasteiger partial charge on any atom is 0.343 e. The zero-order valence-corrected chi connectivity index (χ0v) is 12.2. The second-order valence-corrected chi connectivity index (χ2v) is 5.06. The molecule has 2 rings (SSSR count). The fourth-order valence-corrected chi connectivity index (χ4v) is 2.02. The van der Waals surface area contributed by atoms with Crippen LogP contribution in [0.5, 0.6) is 5.75 Å². The molecule has 1 N–H and O–H groups in total. The minimum absolute atomic E-state index is 0.118. The third-order valence-corrected chi connectivity index (χ3v) is 3.29. The standard InChI is InChI=1S/C15H11BrO4/c1-9-2-4-10(5-3-9)15(19)20-13-7-6-11(14(17)18)8-12(13)16/h2-8H,1H3,(H,17,18). The molecule has 0 spiro atoms. The van der Waals surface area contributed by atoms with E-state index in [-0.39, 0.29) is 11.3 Å². The number of carbonyl (C=O) groups excluding carboxylic acids is 1. The van der Waals surface area contributed by atoms with E-state index in [0.717, 1.165) is 5.56 Å². The molecule has 0 bridgehead atoms. The number of carboxylic acids is 1. The summed E-state index contributed by atoms with van der Waals surface area (Å²) in [5.74, 6) is -1.25. The average molecular weight is 335 g/mol. The van der Waals surface area contributed by atoms with E-state index in [9.17, 15) is 9.59 Å². The lowest BCUT2D eigenvalue weighted by Crippen LogP contribution is -2.09. The van der Waals surface area contributed by atoms with Gasteiger partial charge in [0.15, 0.2) is 0 Å². The Hall–Kier alpha value is -2.14. The van der Waals surface area contributed by atoms with E-state index in [1.807, 2.05) is 19.1 Å². The van der Waals surface area contributed by atoms with E-state index in [0.29, 0.717) is 10.0 Å². The molecule has 0 amide bonds. The zero-order valence-electron chi connectivity index (χ0n) is 10.6. The first-order valence-corrected chi connectivity index (χ1v) is 6.58. The van der Waals surface area contributed by atoms with Crippen LogP contribution in [0.4, 0.5) is 0 Å². The SMILES string of the molecule is Cc1ccc(C(=O)Oc2ccc(C(=O)O)cc2Br)cc1. The van der Waals surface area contributed by atoms with Crippen LogP contribution in [-0.2, 0) is 0 Å². The summed E-state index contributed by atoms with van der Waals surface area (Å²) in [6.07, 6.45) is 0. The number of rotatable bonds is 3. The molecule has 0 unspecified atom stereocenters. The lowest BCUT2D eigenvalue weighted by molar-refractivity contribution is 0.0696. The number of esters is 1. The Kier molecular flexibility index (Phi) is 4.20. The number of halogens is 1. The second-order valence-electron chi connectivity index (χ2n) is 4.21. The van der Waals surface area contributed by atoms with Gasteiger partial charge in [0, 0.05) is 0 Å². The van der Waals surface area contributed by atoms with Crippen LogP contribution in [-0.4, -0.2) is 17.0 Å². The van der Waals surface area contributed by atoms with Crippen molar-refractivity contribution in [2.24, 2.45) is 0 Å². The molecule has 0 aliphatic carbocycles. The molecule has 2 aromatic rings. The van der Waals surface area contributed by atoms with Gasteiger partial charge in [0.1, 0.15) is 5.75 Å². The number of hydrogen-bond acceptors (Lipinski definition) is 3. The molecule has 20 heavy (non-hydrogen) atoms. The first kappa shape index (κ1) is 14.3. The van der Waals surface area contributed by atoms with Crippen molar-refractivity contribution in [3.05, 3.63) is 63.6 Å². The maximum absolute atomic E-state index is 11.9. The fourth-order valence-electron chi connectivity index (χ4n) is 1.57. The van der Waals surface area contributed by atoms with Crippen LogP contribution < -0.4 is 4.74 Å². The summed E-state index contributed by atoms with van der Waals surface area (Å²) >= 11 is 3.19. The van der Waals surface area contributed by atoms with Gasteiger partial charge in [-0.25, -0.2) is 9.59 Å². The normalized spacial score (nSPS) is 10.1. The predicted molar refractivity (Wildman–Crippen MR) is 77.2 cm³/mol. The Morgan fingerprint density at radius 1 is 1.05 bits per heavy atom. The van der Waals surface area contributed by atoms with Crippen molar-refractivity contribution in [2.45, 2.75) is 6.92 Å². The van der Waals surface area contributed by atoms with Crippen molar-refractivity contribution in [3.8, 4) is 5.75 Å². The minimum atomic E-state index is -1.04. The van der Waals surface area contributed by atoms with Crippen LogP contribution in [0.15, 0.2) is 46.9 Å². The zero-order chi connectivity index (χ0) is 14.7. The number of carboxylic acid groups (broad SMARTS) is 1. The number of hydrogen-bond donors (Lipinski definition) is 1. The van der Waals surface area contributed by atoms with Crippen molar-refractivity contribution in [1.29, 1.82) is 0 Å². The summed E-state index contributed by atoms with van der Waals surface area (Å²) in [7, 11) is 0. The Labute approximate surface area is 124 Å². The number of benzene rings is 2. The van der Waals surface area contributed by atoms with Crippen molar-refractivity contribution in [2.75, 3.05) is 0 Å². The molecule has 0 aliphatic rings. The van der Waals surface area contributed by atoms with Gasteiger partial charge in [-0.1, -0.05) is 17.7 Å². The van der Waals surface area contributed by atoms with Gasteiger partial charge in [-0.3, -0.25) is 0 Å². The van der Waals surface area contributed by atoms with Crippen molar-refractivity contribution >= 4 is 27.9 Å². The summed E-state index contributed by atoms with van der Waals surface area (Å²) in [6.45, 7) is 1.93. The summed E-state index contributed by atoms with van der Waals surface area (Å²) in [5.41, 5.74) is 1.60. The Balaban J connectivity index is 2.19. The molecule has 0 fully saturated rings. The van der Waals surface area contributed by atoms with Gasteiger partial charge < -0.3 is 9.84 Å². The molecule has 0 aromatic heterocycles. The van der Waals surface area contributed by atoms with Crippen LogP contribution in [0.2, 0.25) is 0 Å². The summed E-state index contributed by atoms with van der Waals surface area (Å²) in [5, 5.41) is 8.86. The molecule has 0 radical (unpaired) electrons. The van der Waals surface area contributed by atoms with Gasteiger partial charge in [0.05, 0.1) is 15.6 Å². The smallest absolute Gasteiger partial charge is 0.343 e. The Morgan fingerprint density at radius 2 is 1.65 bits per heavy atom. The highest BCUT2D eigenvalue weighted by molar-refractivity contribution is 9.10. The number of carbonyl (C=O) groups is 2. The second kappa shape index (κ2) is 5.88. The van der Waals surface area contributed by atoms with E-state index in [2.05, 4.69) is 15.9 Å². The highest BCUT2D eigenvalue weighted by Crippen LogP contribution is 2.26. The monoisotopic (exact) mass is 334 g/mol. The molecule has 0 atom stereocenters. The molecular formula is C15H11BrO4. The predicted octanol–water partition coefficient (Wildman–Crippen LogP) is 3.67. The first-order chi connectivity index (χ1) is 9.47. The van der Waals surface area contributed by atoms with Gasteiger partial charge in [0.2, 0.25) is 0 Å². The highest BCUT2D eigenvalue weighted by atomic mass is 79.9. The van der Waals surface area contributed by atoms with Crippen LogP contribution in [0, 0.1) is 6.92 Å². The van der Waals surface area contributed by atoms with Crippen molar-refractivity contribution in [3.63, 3.8) is 0 Å². The van der Waals surface area contributed by atoms with E-state index in [1.165, 1.54) is 18.2 Å². The largest absolute Gasteiger partial charge is 0.478 e. The topological polar surface area (TPSA) is 63.6 Å². The van der Waals surface area contributed by atoms with Gasteiger partial charge in [0.25, 0.3) is 0 Å². The number of aromatic carboxylic acids is 1. The van der Waals surface area contributed by atoms with Crippen molar-refractivity contribution in [1.82, 2.24) is 0 Å². The van der Waals surface area contributed by atoms with Gasteiger partial charge in [-0.15, -0.1) is 0 Å². The quantitative estimate of drug-likeness (QED) is 0.687. The Morgan fingerprint density at radius 3 is 2.20 bits per heavy atom. The molecule has 2 aromatic carbocycles. The molecule has 0 saturated carbocycles. The Bertz CT molecular complexity index is 662. The molecule has 102 valence electrons. The molecule has 0 saturated heterocycles. The molecule has 0 heterocycles. The lowest BCUT2D eigenvalue weighted by Gasteiger charge is -2.07. The van der Waals surface area contributed by atoms with E-state index in [1.54, 1.807) is 12.1 Å². The van der Waals surface area contributed by atoms with Crippen LogP contribution >= 0.6 is 15.9 Å². The number of aryl methyl sites for hydroxylation is 1. The van der Waals surface area contributed by atoms with Gasteiger partial charge in [-0.2, -0.15) is 0 Å². The average Bonchev–Trinajstić information content (AvgIpc) is 2.41. The first-order valence-electron chi connectivity index (χ1n) is 5.79. The summed E-state index contributed by atoms with van der Waals surface area (Å²) in [6, 6.07) is 11.2. The highest BCUT2D eigenvalue weighted by Gasteiger charge is 2.12. The van der Waals surface area contributed by atoms with Crippen molar-refractivity contribution < 1.29 is 19.4 Å². The third kappa shape index (κ3) is 3.24. The van der Waals surface area contributed by atoms with Crippen LogP contribution in [0.3, 0.4) is 0 Å². The van der Waals surface area contributed by atoms with E-state index in [4.69, 9.17) is 9.84 Å². The number of ether oxygens (including phenoxy) is 1. The molecular weight excluding hydrogens is 324 g/mol. The van der Waals surface area contributed by atoms with Crippen LogP contribution in [0.1, 0.15) is 26.3 Å². The van der Waals surface area contributed by atoms with E-state index >= 15 is 0 Å². The molecule has 5 heteroatoms. The van der Waals surface area contributed by atoms with Gasteiger partial charge in [-0.05, 0) is 53.2 Å². The summed E-state index contributed by atoms with van der Waals surface area (Å²) in [4.78, 5) is 22.7. The third-order valence-electron chi connectivity index (χ3n) is 2.67. The maximum atomic E-state index is 11.9. The lowest BCUT2D eigenvalue weighted by atomic mass is 10.1. The van der Waals surface area contributed by atoms with Crippen LogP contribution in [0.25, 0.3) is 0 Å².